The second-order valence-electron chi connectivity index (χ2n) is 14.0. The van der Waals surface area contributed by atoms with Crippen molar-refractivity contribution < 1.29 is 38.1 Å². The van der Waals surface area contributed by atoms with Gasteiger partial charge in [-0.1, -0.05) is 180 Å². The summed E-state index contributed by atoms with van der Waals surface area (Å²) in [5, 5.41) is 1.64. The van der Waals surface area contributed by atoms with E-state index in [1.165, 1.54) is 0 Å². The molecule has 1 saturated heterocycles. The summed E-state index contributed by atoms with van der Waals surface area (Å²) in [7, 11) is 0. The molecule has 0 aliphatic carbocycles. The summed E-state index contributed by atoms with van der Waals surface area (Å²) in [4.78, 5) is 59.1. The van der Waals surface area contributed by atoms with Crippen molar-refractivity contribution in [1.29, 1.82) is 0 Å². The van der Waals surface area contributed by atoms with Crippen molar-refractivity contribution in [1.82, 2.24) is 10.0 Å². The third-order valence-corrected chi connectivity index (χ3v) is 10.6. The molecule has 0 radical (unpaired) electrons. The zero-order valence-electron chi connectivity index (χ0n) is 32.5. The number of rotatable bonds is 13. The van der Waals surface area contributed by atoms with Crippen molar-refractivity contribution in [2.24, 2.45) is 0 Å². The summed E-state index contributed by atoms with van der Waals surface area (Å²) in [5.41, 5.74) is 2.72. The van der Waals surface area contributed by atoms with Gasteiger partial charge in [-0.3, -0.25) is 0 Å². The lowest BCUT2D eigenvalue weighted by atomic mass is 9.87. The van der Waals surface area contributed by atoms with Crippen LogP contribution in [0, 0.1) is 0 Å². The molecule has 1 heterocycles. The predicted octanol–water partition coefficient (Wildman–Crippen LogP) is 10.3. The summed E-state index contributed by atoms with van der Waals surface area (Å²) >= 11 is 3.48. The standard InChI is InChI=1S/C49H41BrN2O8/c1-35(40-22-24-41(25-23-40)42-26-28-43(50)29-27-42)44-30-49(45(53)57-31-36-14-6-2-7-15-36,46(54)58-32-37-16-8-3-9-17-37)52(48(56)60-34-39-20-12-5-13-21-39)51(44)47(55)59-33-38-18-10-4-11-19-38/h2-29,44H,1,30-34H2/t44-/m0/s1. The minimum Gasteiger partial charge on any atom is -0.459 e. The molecule has 2 amide bonds. The van der Waals surface area contributed by atoms with Crippen LogP contribution in [0.25, 0.3) is 16.7 Å². The molecule has 0 bridgehead atoms. The highest BCUT2D eigenvalue weighted by molar-refractivity contribution is 9.10. The highest BCUT2D eigenvalue weighted by atomic mass is 79.9. The van der Waals surface area contributed by atoms with Gasteiger partial charge in [-0.15, -0.1) is 0 Å². The molecule has 302 valence electrons. The van der Waals surface area contributed by atoms with Crippen molar-refractivity contribution in [2.45, 2.75) is 44.4 Å². The molecule has 60 heavy (non-hydrogen) atoms. The number of amides is 2. The molecule has 6 aromatic rings. The van der Waals surface area contributed by atoms with Crippen molar-refractivity contribution >= 4 is 45.6 Å². The minimum atomic E-state index is -2.59. The molecule has 1 aliphatic rings. The van der Waals surface area contributed by atoms with E-state index in [0.29, 0.717) is 38.4 Å². The Kier molecular flexibility index (Phi) is 13.2. The summed E-state index contributed by atoms with van der Waals surface area (Å²) in [6, 6.07) is 49.7. The highest BCUT2D eigenvalue weighted by Gasteiger charge is 2.68. The molecule has 6 aromatic carbocycles. The molecule has 11 heteroatoms. The van der Waals surface area contributed by atoms with Crippen LogP contribution in [-0.2, 0) is 55.0 Å². The van der Waals surface area contributed by atoms with Crippen LogP contribution in [0.4, 0.5) is 9.59 Å². The maximum atomic E-state index is 14.9. The van der Waals surface area contributed by atoms with E-state index in [-0.39, 0.29) is 26.4 Å². The van der Waals surface area contributed by atoms with E-state index in [2.05, 4.69) is 22.5 Å². The first-order valence-electron chi connectivity index (χ1n) is 19.2. The molecular weight excluding hydrogens is 824 g/mol. The molecule has 7 rings (SSSR count). The van der Waals surface area contributed by atoms with Crippen molar-refractivity contribution in [3.63, 3.8) is 0 Å². The fraction of sp³-hybridized carbons (Fsp3) is 0.143. The van der Waals surface area contributed by atoms with Gasteiger partial charge in [-0.2, -0.15) is 5.01 Å². The normalized spacial score (nSPS) is 14.2. The molecule has 1 aliphatic heterocycles. The number of nitrogens with zero attached hydrogens (tertiary/aromatic N) is 2. The largest absolute Gasteiger partial charge is 0.459 e. The van der Waals surface area contributed by atoms with Gasteiger partial charge in [0.2, 0.25) is 0 Å². The monoisotopic (exact) mass is 864 g/mol. The number of carbonyl (C=O) groups is 4. The summed E-state index contributed by atoms with van der Waals surface area (Å²) in [5.74, 6) is -2.27. The van der Waals surface area contributed by atoms with Crippen LogP contribution in [0.2, 0.25) is 0 Å². The topological polar surface area (TPSA) is 112 Å². The Hall–Kier alpha value is -6.98. The molecule has 0 aromatic heterocycles. The van der Waals surface area contributed by atoms with Gasteiger partial charge in [-0.25, -0.2) is 24.2 Å². The van der Waals surface area contributed by atoms with E-state index < -0.39 is 42.1 Å². The Labute approximate surface area is 356 Å². The smallest absolute Gasteiger partial charge is 0.431 e. The molecular formula is C49H41BrN2O8. The predicted molar refractivity (Wildman–Crippen MR) is 229 cm³/mol. The minimum absolute atomic E-state index is 0.186. The molecule has 1 fully saturated rings. The molecule has 0 saturated carbocycles. The van der Waals surface area contributed by atoms with E-state index in [9.17, 15) is 19.2 Å². The van der Waals surface area contributed by atoms with Crippen LogP contribution in [0.1, 0.15) is 34.2 Å². The average Bonchev–Trinajstić information content (AvgIpc) is 3.67. The lowest BCUT2D eigenvalue weighted by Crippen LogP contribution is -2.64. The number of hydrazine groups is 1. The third kappa shape index (κ3) is 9.48. The van der Waals surface area contributed by atoms with Gasteiger partial charge in [0.25, 0.3) is 5.54 Å². The number of halogens is 1. The fourth-order valence-corrected chi connectivity index (χ4v) is 7.15. The van der Waals surface area contributed by atoms with E-state index in [1.807, 2.05) is 72.8 Å². The van der Waals surface area contributed by atoms with Gasteiger partial charge in [0, 0.05) is 10.9 Å². The zero-order valence-corrected chi connectivity index (χ0v) is 34.1. The number of hydrogen-bond donors (Lipinski definition) is 0. The van der Waals surface area contributed by atoms with Crippen LogP contribution in [-0.4, -0.2) is 45.7 Å². The molecule has 0 unspecified atom stereocenters. The lowest BCUT2D eigenvalue weighted by Gasteiger charge is -2.36. The zero-order chi connectivity index (χ0) is 41.9. The van der Waals surface area contributed by atoms with Gasteiger partial charge in [0.1, 0.15) is 26.4 Å². The summed E-state index contributed by atoms with van der Waals surface area (Å²) in [6.45, 7) is 3.46. The first-order valence-corrected chi connectivity index (χ1v) is 20.0. The molecule has 10 nitrogen and oxygen atoms in total. The Morgan fingerprint density at radius 3 is 1.30 bits per heavy atom. The van der Waals surface area contributed by atoms with Crippen LogP contribution < -0.4 is 0 Å². The van der Waals surface area contributed by atoms with E-state index in [4.69, 9.17) is 18.9 Å². The van der Waals surface area contributed by atoms with Crippen LogP contribution in [0.15, 0.2) is 181 Å². The van der Waals surface area contributed by atoms with E-state index in [0.717, 1.165) is 20.6 Å². The number of carbonyl (C=O) groups excluding carboxylic acids is 4. The van der Waals surface area contributed by atoms with Crippen molar-refractivity contribution in [2.75, 3.05) is 0 Å². The first-order chi connectivity index (χ1) is 29.2. The van der Waals surface area contributed by atoms with Gasteiger partial charge in [0.15, 0.2) is 0 Å². The van der Waals surface area contributed by atoms with Crippen LogP contribution in [0.5, 0.6) is 0 Å². The summed E-state index contributed by atoms with van der Waals surface area (Å²) < 4.78 is 24.4. The third-order valence-electron chi connectivity index (χ3n) is 10.1. The molecule has 0 N–H and O–H groups in total. The highest BCUT2D eigenvalue weighted by Crippen LogP contribution is 2.43. The maximum Gasteiger partial charge on any atom is 0.431 e. The Balaban J connectivity index is 1.32. The Morgan fingerprint density at radius 2 is 0.883 bits per heavy atom. The van der Waals surface area contributed by atoms with Gasteiger partial charge in [0.05, 0.1) is 6.04 Å². The second kappa shape index (κ2) is 19.2. The SMILES string of the molecule is C=C(c1ccc(-c2ccc(Br)cc2)cc1)[C@@H]1CC(C(=O)OCc2ccccc2)(C(=O)OCc2ccccc2)N(C(=O)OCc2ccccc2)N1C(=O)OCc1ccccc1. The van der Waals surface area contributed by atoms with Crippen LogP contribution in [0.3, 0.4) is 0 Å². The first kappa shape index (κ1) is 41.2. The number of ether oxygens (including phenoxy) is 4. The quantitative estimate of drug-likeness (QED) is 0.0641. The molecule has 0 spiro atoms. The lowest BCUT2D eigenvalue weighted by molar-refractivity contribution is -0.179. The van der Waals surface area contributed by atoms with Crippen LogP contribution >= 0.6 is 15.9 Å². The Morgan fingerprint density at radius 1 is 0.517 bits per heavy atom. The van der Waals surface area contributed by atoms with E-state index >= 15 is 0 Å². The second-order valence-corrected chi connectivity index (χ2v) is 15.0. The number of benzene rings is 6. The van der Waals surface area contributed by atoms with Crippen molar-refractivity contribution in [3.8, 4) is 11.1 Å². The summed E-state index contributed by atoms with van der Waals surface area (Å²) in [6.07, 6.45) is -2.73. The van der Waals surface area contributed by atoms with Gasteiger partial charge in [-0.05, 0) is 56.6 Å². The van der Waals surface area contributed by atoms with Gasteiger partial charge >= 0.3 is 24.1 Å². The number of hydrogen-bond acceptors (Lipinski definition) is 8. The Bertz CT molecular complexity index is 2360. The van der Waals surface area contributed by atoms with E-state index in [1.54, 1.807) is 97.1 Å². The maximum absolute atomic E-state index is 14.9. The average molecular weight is 866 g/mol. The van der Waals surface area contributed by atoms with Gasteiger partial charge < -0.3 is 18.9 Å². The molecule has 1 atom stereocenters. The fourth-order valence-electron chi connectivity index (χ4n) is 6.88. The van der Waals surface area contributed by atoms with Crippen molar-refractivity contribution in [3.05, 3.63) is 209 Å². The number of esters is 2.